The van der Waals surface area contributed by atoms with Crippen molar-refractivity contribution in [2.45, 2.75) is 31.7 Å². The van der Waals surface area contributed by atoms with Gasteiger partial charge in [0.2, 0.25) is 5.89 Å². The molecule has 3 heterocycles. The lowest BCUT2D eigenvalue weighted by Crippen LogP contribution is -2.22. The van der Waals surface area contributed by atoms with Gasteiger partial charge >= 0.3 is 0 Å². The highest BCUT2D eigenvalue weighted by Gasteiger charge is 2.25. The van der Waals surface area contributed by atoms with E-state index in [0.717, 1.165) is 18.5 Å². The van der Waals surface area contributed by atoms with Crippen molar-refractivity contribution in [3.05, 3.63) is 65.1 Å². The summed E-state index contributed by atoms with van der Waals surface area (Å²) >= 11 is 0. The summed E-state index contributed by atoms with van der Waals surface area (Å²) in [6.07, 6.45) is 6.50. The van der Waals surface area contributed by atoms with E-state index in [0.29, 0.717) is 28.8 Å². The van der Waals surface area contributed by atoms with Crippen LogP contribution in [-0.4, -0.2) is 29.2 Å². The van der Waals surface area contributed by atoms with E-state index >= 15 is 0 Å². The van der Waals surface area contributed by atoms with E-state index in [1.54, 1.807) is 10.9 Å². The summed E-state index contributed by atoms with van der Waals surface area (Å²) in [7, 11) is 0. The fourth-order valence-corrected chi connectivity index (χ4v) is 3.12. The molecule has 3 aromatic heterocycles. The van der Waals surface area contributed by atoms with Crippen LogP contribution in [0.3, 0.4) is 0 Å². The van der Waals surface area contributed by atoms with Crippen LogP contribution in [0.2, 0.25) is 0 Å². The molecule has 8 heteroatoms. The molecule has 8 nitrogen and oxygen atoms in total. The SMILES string of the molecule is O=c1c2ncn(-c3ccccc3)c2ncn1Cc1noc(C2CCC2)n1. The van der Waals surface area contributed by atoms with Crippen LogP contribution < -0.4 is 5.56 Å². The van der Waals surface area contributed by atoms with Crippen molar-refractivity contribution in [2.24, 2.45) is 0 Å². The summed E-state index contributed by atoms with van der Waals surface area (Å²) in [4.78, 5) is 25.8. The number of imidazole rings is 1. The Morgan fingerprint density at radius 1 is 1.12 bits per heavy atom. The third-order valence-electron chi connectivity index (χ3n) is 4.81. The maximum absolute atomic E-state index is 12.7. The van der Waals surface area contributed by atoms with Gasteiger partial charge in [-0.1, -0.05) is 29.8 Å². The van der Waals surface area contributed by atoms with Gasteiger partial charge in [0.25, 0.3) is 5.56 Å². The van der Waals surface area contributed by atoms with Crippen LogP contribution in [0.25, 0.3) is 16.9 Å². The van der Waals surface area contributed by atoms with E-state index < -0.39 is 0 Å². The normalized spacial score (nSPS) is 14.6. The second-order valence-electron chi connectivity index (χ2n) is 6.48. The summed E-state index contributed by atoms with van der Waals surface area (Å²) in [6.45, 7) is 0.218. The van der Waals surface area contributed by atoms with E-state index in [1.807, 2.05) is 30.3 Å². The van der Waals surface area contributed by atoms with Gasteiger partial charge in [0.1, 0.15) is 12.7 Å². The van der Waals surface area contributed by atoms with E-state index in [1.165, 1.54) is 17.3 Å². The van der Waals surface area contributed by atoms with Crippen molar-refractivity contribution >= 4 is 11.2 Å². The first-order valence-electron chi connectivity index (χ1n) is 8.60. The average Bonchev–Trinajstić information content (AvgIpc) is 3.24. The zero-order chi connectivity index (χ0) is 17.5. The van der Waals surface area contributed by atoms with E-state index in [4.69, 9.17) is 4.52 Å². The van der Waals surface area contributed by atoms with Gasteiger partial charge in [-0.2, -0.15) is 4.98 Å². The molecule has 130 valence electrons. The van der Waals surface area contributed by atoms with Gasteiger partial charge in [-0.05, 0) is 25.0 Å². The Labute approximate surface area is 148 Å². The molecular formula is C18H16N6O2. The highest BCUT2D eigenvalue weighted by Crippen LogP contribution is 2.35. The average molecular weight is 348 g/mol. The molecular weight excluding hydrogens is 332 g/mol. The van der Waals surface area contributed by atoms with Crippen LogP contribution in [-0.2, 0) is 6.54 Å². The molecule has 1 saturated carbocycles. The highest BCUT2D eigenvalue weighted by molar-refractivity contribution is 5.71. The van der Waals surface area contributed by atoms with Crippen molar-refractivity contribution < 1.29 is 4.52 Å². The maximum atomic E-state index is 12.7. The Kier molecular flexibility index (Phi) is 3.41. The lowest BCUT2D eigenvalue weighted by Gasteiger charge is -2.20. The minimum Gasteiger partial charge on any atom is -0.339 e. The van der Waals surface area contributed by atoms with Gasteiger partial charge in [-0.25, -0.2) is 9.97 Å². The molecule has 1 aliphatic rings. The molecule has 0 N–H and O–H groups in total. The molecule has 1 fully saturated rings. The van der Waals surface area contributed by atoms with Gasteiger partial charge in [-0.15, -0.1) is 0 Å². The number of aromatic nitrogens is 6. The van der Waals surface area contributed by atoms with Crippen molar-refractivity contribution in [2.75, 3.05) is 0 Å². The molecule has 5 rings (SSSR count). The number of rotatable bonds is 4. The quantitative estimate of drug-likeness (QED) is 0.562. The Morgan fingerprint density at radius 2 is 1.96 bits per heavy atom. The second kappa shape index (κ2) is 5.91. The van der Waals surface area contributed by atoms with Crippen LogP contribution in [0.4, 0.5) is 0 Å². The first-order valence-corrected chi connectivity index (χ1v) is 8.60. The van der Waals surface area contributed by atoms with Gasteiger partial charge in [0.15, 0.2) is 17.0 Å². The number of benzene rings is 1. The fourth-order valence-electron chi connectivity index (χ4n) is 3.12. The zero-order valence-corrected chi connectivity index (χ0v) is 13.9. The van der Waals surface area contributed by atoms with Crippen LogP contribution in [0.5, 0.6) is 0 Å². The van der Waals surface area contributed by atoms with Crippen LogP contribution >= 0.6 is 0 Å². The molecule has 0 aliphatic heterocycles. The Balaban J connectivity index is 1.49. The Morgan fingerprint density at radius 3 is 2.73 bits per heavy atom. The topological polar surface area (TPSA) is 91.6 Å². The molecule has 1 aromatic carbocycles. The first kappa shape index (κ1) is 15.0. The zero-order valence-electron chi connectivity index (χ0n) is 13.9. The highest BCUT2D eigenvalue weighted by atomic mass is 16.5. The predicted octanol–water partition coefficient (Wildman–Crippen LogP) is 2.28. The molecule has 0 saturated heterocycles. The molecule has 0 unspecified atom stereocenters. The lowest BCUT2D eigenvalue weighted by atomic mass is 9.85. The third-order valence-corrected chi connectivity index (χ3v) is 4.81. The predicted molar refractivity (Wildman–Crippen MR) is 93.1 cm³/mol. The smallest absolute Gasteiger partial charge is 0.281 e. The van der Waals surface area contributed by atoms with Gasteiger partial charge in [-0.3, -0.25) is 13.9 Å². The maximum Gasteiger partial charge on any atom is 0.281 e. The largest absolute Gasteiger partial charge is 0.339 e. The van der Waals surface area contributed by atoms with Crippen LogP contribution in [0.1, 0.15) is 36.9 Å². The number of nitrogens with zero attached hydrogens (tertiary/aromatic N) is 6. The molecule has 26 heavy (non-hydrogen) atoms. The number of para-hydroxylation sites is 1. The van der Waals surface area contributed by atoms with E-state index in [9.17, 15) is 4.79 Å². The molecule has 0 spiro atoms. The molecule has 0 atom stereocenters. The fraction of sp³-hybridized carbons (Fsp3) is 0.278. The van der Waals surface area contributed by atoms with Crippen molar-refractivity contribution in [1.29, 1.82) is 0 Å². The van der Waals surface area contributed by atoms with E-state index in [-0.39, 0.29) is 12.1 Å². The third kappa shape index (κ3) is 2.42. The Bertz CT molecular complexity index is 1120. The van der Waals surface area contributed by atoms with Crippen molar-refractivity contribution in [1.82, 2.24) is 29.2 Å². The number of fused-ring (bicyclic) bond motifs is 1. The van der Waals surface area contributed by atoms with Gasteiger partial charge < -0.3 is 4.52 Å². The van der Waals surface area contributed by atoms with E-state index in [2.05, 4.69) is 20.1 Å². The van der Waals surface area contributed by atoms with Crippen LogP contribution in [0.15, 0.2) is 52.3 Å². The first-order chi connectivity index (χ1) is 12.8. The number of hydrogen-bond acceptors (Lipinski definition) is 6. The van der Waals surface area contributed by atoms with Gasteiger partial charge in [0, 0.05) is 11.6 Å². The van der Waals surface area contributed by atoms with Crippen LogP contribution in [0, 0.1) is 0 Å². The summed E-state index contributed by atoms with van der Waals surface area (Å²) in [5, 5.41) is 3.99. The van der Waals surface area contributed by atoms with Crippen molar-refractivity contribution in [3.63, 3.8) is 0 Å². The minimum atomic E-state index is -0.223. The molecule has 4 aromatic rings. The molecule has 0 radical (unpaired) electrons. The standard InChI is InChI=1S/C18H16N6O2/c25-18-15-16(24(11-19-15)13-7-2-1-3-8-13)20-10-23(18)9-14-21-17(26-22-14)12-5-4-6-12/h1-3,7-8,10-12H,4-6,9H2. The molecule has 1 aliphatic carbocycles. The summed E-state index contributed by atoms with van der Waals surface area (Å²) < 4.78 is 8.57. The summed E-state index contributed by atoms with van der Waals surface area (Å²) in [6, 6.07) is 9.67. The lowest BCUT2D eigenvalue weighted by molar-refractivity contribution is 0.291. The molecule has 0 bridgehead atoms. The second-order valence-corrected chi connectivity index (χ2v) is 6.48. The number of hydrogen-bond donors (Lipinski definition) is 0. The Hall–Kier alpha value is -3.29. The van der Waals surface area contributed by atoms with Gasteiger partial charge in [0.05, 0.1) is 6.54 Å². The monoisotopic (exact) mass is 348 g/mol. The summed E-state index contributed by atoms with van der Waals surface area (Å²) in [5.41, 5.74) is 1.53. The minimum absolute atomic E-state index is 0.218. The van der Waals surface area contributed by atoms with Crippen molar-refractivity contribution in [3.8, 4) is 5.69 Å². The molecule has 0 amide bonds. The summed E-state index contributed by atoms with van der Waals surface area (Å²) in [5.74, 6) is 1.52.